The zero-order valence-electron chi connectivity index (χ0n) is 11.4. The average molecular weight is 322 g/mol. The molecule has 0 aliphatic rings. The van der Waals surface area contributed by atoms with Crippen LogP contribution in [-0.2, 0) is 4.79 Å². The van der Waals surface area contributed by atoms with E-state index >= 15 is 0 Å². The summed E-state index contributed by atoms with van der Waals surface area (Å²) in [6, 6.07) is 7.31. The van der Waals surface area contributed by atoms with Crippen molar-refractivity contribution in [3.05, 3.63) is 40.9 Å². The van der Waals surface area contributed by atoms with Crippen molar-refractivity contribution in [1.82, 2.24) is 10.2 Å². The van der Waals surface area contributed by atoms with Crippen LogP contribution in [0.25, 0.3) is 6.08 Å². The molecule has 1 heterocycles. The van der Waals surface area contributed by atoms with Crippen molar-refractivity contribution >= 4 is 35.1 Å². The van der Waals surface area contributed by atoms with Crippen LogP contribution in [0.4, 0.5) is 0 Å². The third kappa shape index (κ3) is 5.57. The van der Waals surface area contributed by atoms with Crippen molar-refractivity contribution in [2.24, 2.45) is 0 Å². The second-order valence-electron chi connectivity index (χ2n) is 4.03. The Kier molecular flexibility index (Phi) is 5.77. The number of ether oxygens (including phenoxy) is 1. The first-order chi connectivity index (χ1) is 10.1. The molecule has 0 spiro atoms. The van der Waals surface area contributed by atoms with Crippen LogP contribution in [0.1, 0.15) is 10.6 Å². The molecule has 5 nitrogen and oxygen atoms in total. The second-order valence-corrected chi connectivity index (χ2v) is 6.55. The van der Waals surface area contributed by atoms with Gasteiger partial charge in [-0.25, -0.2) is 4.79 Å². The lowest BCUT2D eigenvalue weighted by Crippen LogP contribution is -2.00. The van der Waals surface area contributed by atoms with E-state index in [-0.39, 0.29) is 0 Å². The SMILES string of the molecule is Cc1nnc(SCCOc2cccc(C=CC(=O)O)c2)s1. The van der Waals surface area contributed by atoms with Crippen molar-refractivity contribution in [1.29, 1.82) is 0 Å². The number of aryl methyl sites for hydroxylation is 1. The molecule has 2 rings (SSSR count). The van der Waals surface area contributed by atoms with Gasteiger partial charge in [-0.2, -0.15) is 0 Å². The maximum atomic E-state index is 10.5. The average Bonchev–Trinajstić information content (AvgIpc) is 2.87. The predicted molar refractivity (Wildman–Crippen MR) is 84.0 cm³/mol. The van der Waals surface area contributed by atoms with Crippen molar-refractivity contribution in [3.8, 4) is 5.75 Å². The first-order valence-corrected chi connectivity index (χ1v) is 8.00. The molecule has 0 bridgehead atoms. The van der Waals surface area contributed by atoms with Crippen molar-refractivity contribution in [3.63, 3.8) is 0 Å². The molecule has 0 atom stereocenters. The van der Waals surface area contributed by atoms with E-state index in [2.05, 4.69) is 10.2 Å². The number of thioether (sulfide) groups is 1. The number of hydrogen-bond donors (Lipinski definition) is 1. The van der Waals surface area contributed by atoms with E-state index in [1.165, 1.54) is 6.08 Å². The van der Waals surface area contributed by atoms with Crippen LogP contribution in [0.5, 0.6) is 5.75 Å². The largest absolute Gasteiger partial charge is 0.493 e. The molecule has 0 amide bonds. The molecule has 0 aliphatic carbocycles. The summed E-state index contributed by atoms with van der Waals surface area (Å²) < 4.78 is 6.58. The summed E-state index contributed by atoms with van der Waals surface area (Å²) in [6.45, 7) is 2.48. The second kappa shape index (κ2) is 7.80. The third-order valence-electron chi connectivity index (χ3n) is 2.36. The van der Waals surface area contributed by atoms with E-state index in [0.717, 1.165) is 32.5 Å². The summed E-state index contributed by atoms with van der Waals surface area (Å²) in [7, 11) is 0. The van der Waals surface area contributed by atoms with Crippen LogP contribution < -0.4 is 4.74 Å². The molecule has 110 valence electrons. The Bertz CT molecular complexity index is 641. The number of carboxylic acids is 1. The van der Waals surface area contributed by atoms with Crippen LogP contribution in [0.3, 0.4) is 0 Å². The molecule has 0 aliphatic heterocycles. The monoisotopic (exact) mass is 322 g/mol. The highest BCUT2D eigenvalue weighted by Crippen LogP contribution is 2.22. The van der Waals surface area contributed by atoms with E-state index in [0.29, 0.717) is 6.61 Å². The van der Waals surface area contributed by atoms with E-state index in [1.807, 2.05) is 25.1 Å². The van der Waals surface area contributed by atoms with Gasteiger partial charge in [0.05, 0.1) is 6.61 Å². The van der Waals surface area contributed by atoms with Gasteiger partial charge < -0.3 is 9.84 Å². The fourth-order valence-corrected chi connectivity index (χ4v) is 3.20. The smallest absolute Gasteiger partial charge is 0.328 e. The fraction of sp³-hybridized carbons (Fsp3) is 0.214. The van der Waals surface area contributed by atoms with Gasteiger partial charge in [-0.1, -0.05) is 35.2 Å². The molecule has 0 fully saturated rings. The highest BCUT2D eigenvalue weighted by molar-refractivity contribution is 8.01. The number of rotatable bonds is 7. The number of nitrogens with zero attached hydrogens (tertiary/aromatic N) is 2. The zero-order chi connectivity index (χ0) is 15.1. The van der Waals surface area contributed by atoms with Gasteiger partial charge in [0.2, 0.25) is 0 Å². The van der Waals surface area contributed by atoms with Gasteiger partial charge in [-0.05, 0) is 30.7 Å². The number of benzene rings is 1. The Morgan fingerprint density at radius 2 is 2.33 bits per heavy atom. The quantitative estimate of drug-likeness (QED) is 0.480. The van der Waals surface area contributed by atoms with Crippen LogP contribution in [0, 0.1) is 6.92 Å². The maximum Gasteiger partial charge on any atom is 0.328 e. The lowest BCUT2D eigenvalue weighted by molar-refractivity contribution is -0.131. The summed E-state index contributed by atoms with van der Waals surface area (Å²) in [4.78, 5) is 10.5. The Hall–Kier alpha value is -1.86. The normalized spacial score (nSPS) is 10.9. The van der Waals surface area contributed by atoms with Gasteiger partial charge in [0.25, 0.3) is 0 Å². The summed E-state index contributed by atoms with van der Waals surface area (Å²) in [6.07, 6.45) is 2.64. The minimum Gasteiger partial charge on any atom is -0.493 e. The summed E-state index contributed by atoms with van der Waals surface area (Å²) in [5.41, 5.74) is 0.794. The standard InChI is InChI=1S/C14H14N2O3S2/c1-10-15-16-14(21-10)20-8-7-19-12-4-2-3-11(9-12)5-6-13(17)18/h2-6,9H,7-8H2,1H3,(H,17,18). The number of carbonyl (C=O) groups is 1. The van der Waals surface area contributed by atoms with Gasteiger partial charge in [-0.15, -0.1) is 10.2 Å². The molecule has 0 unspecified atom stereocenters. The molecule has 1 N–H and O–H groups in total. The van der Waals surface area contributed by atoms with E-state index in [9.17, 15) is 4.79 Å². The van der Waals surface area contributed by atoms with Gasteiger partial charge in [0.1, 0.15) is 10.8 Å². The molecule has 0 radical (unpaired) electrons. The molecule has 2 aromatic rings. The molecule has 1 aromatic heterocycles. The van der Waals surface area contributed by atoms with Crippen LogP contribution in [-0.4, -0.2) is 33.6 Å². The van der Waals surface area contributed by atoms with Gasteiger partial charge in [0, 0.05) is 11.8 Å². The zero-order valence-corrected chi connectivity index (χ0v) is 13.0. The van der Waals surface area contributed by atoms with E-state index < -0.39 is 5.97 Å². The first kappa shape index (κ1) is 15.5. The Morgan fingerprint density at radius 1 is 1.48 bits per heavy atom. The van der Waals surface area contributed by atoms with Crippen molar-refractivity contribution in [2.75, 3.05) is 12.4 Å². The van der Waals surface area contributed by atoms with E-state index in [4.69, 9.17) is 9.84 Å². The Balaban J connectivity index is 1.80. The number of aliphatic carboxylic acids is 1. The highest BCUT2D eigenvalue weighted by Gasteiger charge is 2.01. The fourth-order valence-electron chi connectivity index (χ4n) is 1.50. The molecule has 0 saturated carbocycles. The summed E-state index contributed by atoms with van der Waals surface area (Å²) >= 11 is 3.17. The first-order valence-electron chi connectivity index (χ1n) is 6.20. The lowest BCUT2D eigenvalue weighted by Gasteiger charge is -2.05. The summed E-state index contributed by atoms with van der Waals surface area (Å²) in [5, 5.41) is 17.5. The predicted octanol–water partition coefficient (Wildman–Crippen LogP) is 3.12. The summed E-state index contributed by atoms with van der Waals surface area (Å²) in [5.74, 6) is 0.533. The van der Waals surface area contributed by atoms with Gasteiger partial charge in [0.15, 0.2) is 4.34 Å². The van der Waals surface area contributed by atoms with Crippen LogP contribution in [0.2, 0.25) is 0 Å². The minimum absolute atomic E-state index is 0.551. The van der Waals surface area contributed by atoms with E-state index in [1.54, 1.807) is 29.2 Å². The van der Waals surface area contributed by atoms with Crippen molar-refractivity contribution < 1.29 is 14.6 Å². The van der Waals surface area contributed by atoms with Crippen molar-refractivity contribution in [2.45, 2.75) is 11.3 Å². The van der Waals surface area contributed by atoms with Crippen LogP contribution >= 0.6 is 23.1 Å². The topological polar surface area (TPSA) is 72.3 Å². The number of aromatic nitrogens is 2. The molecule has 7 heteroatoms. The van der Waals surface area contributed by atoms with Gasteiger partial charge >= 0.3 is 5.97 Å². The molecular formula is C14H14N2O3S2. The molecule has 1 aromatic carbocycles. The van der Waals surface area contributed by atoms with Crippen LogP contribution in [0.15, 0.2) is 34.7 Å². The molecule has 21 heavy (non-hydrogen) atoms. The lowest BCUT2D eigenvalue weighted by atomic mass is 10.2. The number of hydrogen-bond acceptors (Lipinski definition) is 6. The third-order valence-corrected chi connectivity index (χ3v) is 4.30. The maximum absolute atomic E-state index is 10.5. The molecular weight excluding hydrogens is 308 g/mol. The number of carboxylic acid groups (broad SMARTS) is 1. The highest BCUT2D eigenvalue weighted by atomic mass is 32.2. The Labute approximate surface area is 130 Å². The minimum atomic E-state index is -0.968. The molecule has 0 saturated heterocycles. The van der Waals surface area contributed by atoms with Gasteiger partial charge in [-0.3, -0.25) is 0 Å². The Morgan fingerprint density at radius 3 is 3.05 bits per heavy atom.